The quantitative estimate of drug-likeness (QED) is 0.185. The van der Waals surface area contributed by atoms with Gasteiger partial charge in [0.1, 0.15) is 11.6 Å². The Morgan fingerprint density at radius 1 is 0.576 bits per heavy atom. The Bertz CT molecular complexity index is 1280. The van der Waals surface area contributed by atoms with Gasteiger partial charge >= 0.3 is 0 Å². The summed E-state index contributed by atoms with van der Waals surface area (Å²) in [5.74, 6) is -2.71. The summed E-state index contributed by atoms with van der Waals surface area (Å²) < 4.78 is 57.2. The molecule has 0 N–H and O–H groups in total. The maximum atomic E-state index is 15.0. The lowest BCUT2D eigenvalue weighted by molar-refractivity contribution is 0.517. The summed E-state index contributed by atoms with van der Waals surface area (Å²) in [5, 5.41) is 0.620. The summed E-state index contributed by atoms with van der Waals surface area (Å²) in [7, 11) is 0. The molecule has 0 heterocycles. The molecule has 0 aromatic heterocycles. The van der Waals surface area contributed by atoms with E-state index in [9.17, 15) is 17.6 Å². The monoisotopic (exact) mass is 450 g/mol. The van der Waals surface area contributed by atoms with Crippen molar-refractivity contribution in [3.05, 3.63) is 95.6 Å². The molecule has 4 aromatic rings. The Balaban J connectivity index is 1.55. The Morgan fingerprint density at radius 2 is 1.24 bits per heavy atom. The summed E-state index contributed by atoms with van der Waals surface area (Å²) in [5.41, 5.74) is 2.61. The average molecular weight is 451 g/mol. The highest BCUT2D eigenvalue weighted by Gasteiger charge is 2.13. The van der Waals surface area contributed by atoms with E-state index in [1.54, 1.807) is 30.3 Å². The van der Waals surface area contributed by atoms with Gasteiger partial charge in [-0.25, -0.2) is 17.6 Å². The molecule has 4 heteroatoms. The van der Waals surface area contributed by atoms with E-state index in [0.717, 1.165) is 30.9 Å². The number of hydrogen-bond acceptors (Lipinski definition) is 0. The fourth-order valence-corrected chi connectivity index (χ4v) is 4.23. The first kappa shape index (κ1) is 23.0. The van der Waals surface area contributed by atoms with Crippen molar-refractivity contribution in [3.63, 3.8) is 0 Å². The van der Waals surface area contributed by atoms with E-state index in [2.05, 4.69) is 6.92 Å². The second-order valence-electron chi connectivity index (χ2n) is 8.47. The van der Waals surface area contributed by atoms with Crippen molar-refractivity contribution in [1.29, 1.82) is 0 Å². The fourth-order valence-electron chi connectivity index (χ4n) is 4.23. The van der Waals surface area contributed by atoms with Gasteiger partial charge in [0.25, 0.3) is 0 Å². The highest BCUT2D eigenvalue weighted by molar-refractivity contribution is 5.88. The van der Waals surface area contributed by atoms with Crippen molar-refractivity contribution in [1.82, 2.24) is 0 Å². The average Bonchev–Trinajstić information content (AvgIpc) is 2.81. The number of unbranched alkanes of at least 4 members (excludes halogenated alkanes) is 4. The highest BCUT2D eigenvalue weighted by atomic mass is 19.2. The molecule has 0 aliphatic rings. The van der Waals surface area contributed by atoms with Crippen LogP contribution in [0.5, 0.6) is 0 Å². The molecule has 0 amide bonds. The van der Waals surface area contributed by atoms with Gasteiger partial charge in [-0.3, -0.25) is 0 Å². The molecule has 0 atom stereocenters. The molecule has 0 aliphatic carbocycles. The minimum absolute atomic E-state index is 0.142. The van der Waals surface area contributed by atoms with Crippen LogP contribution in [0.4, 0.5) is 17.6 Å². The van der Waals surface area contributed by atoms with Crippen LogP contribution in [0.1, 0.15) is 44.6 Å². The van der Waals surface area contributed by atoms with Gasteiger partial charge in [-0.05, 0) is 59.2 Å². The lowest BCUT2D eigenvalue weighted by atomic mass is 9.96. The lowest BCUT2D eigenvalue weighted by Gasteiger charge is -2.10. The maximum Gasteiger partial charge on any atom is 0.166 e. The van der Waals surface area contributed by atoms with Gasteiger partial charge in [-0.2, -0.15) is 0 Å². The summed E-state index contributed by atoms with van der Waals surface area (Å²) in [6.45, 7) is 2.18. The molecule has 4 aromatic carbocycles. The molecule has 0 radical (unpaired) electrons. The van der Waals surface area contributed by atoms with E-state index < -0.39 is 17.5 Å². The van der Waals surface area contributed by atoms with Crippen molar-refractivity contribution >= 4 is 10.8 Å². The van der Waals surface area contributed by atoms with Gasteiger partial charge in [0.2, 0.25) is 0 Å². The molecular weight excluding hydrogens is 424 g/mol. The molecule has 0 unspecified atom stereocenters. The first-order valence-corrected chi connectivity index (χ1v) is 11.4. The van der Waals surface area contributed by atoms with Crippen molar-refractivity contribution in [2.75, 3.05) is 0 Å². The van der Waals surface area contributed by atoms with Crippen LogP contribution in [0, 0.1) is 23.3 Å². The van der Waals surface area contributed by atoms with E-state index in [-0.39, 0.29) is 11.2 Å². The van der Waals surface area contributed by atoms with Crippen LogP contribution in [-0.2, 0) is 6.42 Å². The number of halogens is 4. The first-order chi connectivity index (χ1) is 16.0. The molecule has 33 heavy (non-hydrogen) atoms. The van der Waals surface area contributed by atoms with Gasteiger partial charge in [0.05, 0.1) is 0 Å². The molecule has 0 nitrogen and oxygen atoms in total. The fraction of sp³-hybridized carbons (Fsp3) is 0.241. The number of rotatable bonds is 8. The summed E-state index contributed by atoms with van der Waals surface area (Å²) in [6, 6.07) is 16.9. The molecule has 0 bridgehead atoms. The molecule has 0 saturated carbocycles. The molecule has 170 valence electrons. The zero-order chi connectivity index (χ0) is 23.4. The Labute approximate surface area is 191 Å². The van der Waals surface area contributed by atoms with Gasteiger partial charge < -0.3 is 0 Å². The summed E-state index contributed by atoms with van der Waals surface area (Å²) in [4.78, 5) is 0. The van der Waals surface area contributed by atoms with Crippen molar-refractivity contribution in [2.45, 2.75) is 45.4 Å². The Hall–Kier alpha value is -3.14. The third kappa shape index (κ3) is 5.11. The number of hydrogen-bond donors (Lipinski definition) is 0. The number of benzene rings is 4. The minimum atomic E-state index is -0.922. The standard InChI is InChI=1S/C29H26F4/c1-2-3-4-5-6-7-19-8-12-23(27(31)16-19)22-9-13-24(28(32)18-22)20-10-14-25-21(17-20)11-15-26(30)29(25)33/h8-18H,2-7H2,1H3. The van der Waals surface area contributed by atoms with Gasteiger partial charge in [-0.1, -0.05) is 75.1 Å². The topological polar surface area (TPSA) is 0 Å². The van der Waals surface area contributed by atoms with E-state index in [4.69, 9.17) is 0 Å². The van der Waals surface area contributed by atoms with Crippen LogP contribution in [0.25, 0.3) is 33.0 Å². The van der Waals surface area contributed by atoms with E-state index in [0.29, 0.717) is 27.6 Å². The molecule has 4 rings (SSSR count). The van der Waals surface area contributed by atoms with E-state index in [1.807, 2.05) is 6.07 Å². The van der Waals surface area contributed by atoms with Crippen LogP contribution in [0.15, 0.2) is 66.7 Å². The molecule has 0 fully saturated rings. The molecule has 0 saturated heterocycles. The Morgan fingerprint density at radius 3 is 1.97 bits per heavy atom. The Kier molecular flexibility index (Phi) is 7.12. The van der Waals surface area contributed by atoms with Gasteiger partial charge in [0, 0.05) is 16.5 Å². The third-order valence-electron chi connectivity index (χ3n) is 6.10. The summed E-state index contributed by atoms with van der Waals surface area (Å²) in [6.07, 6.45) is 6.62. The van der Waals surface area contributed by atoms with Crippen LogP contribution in [0.2, 0.25) is 0 Å². The largest absolute Gasteiger partial charge is 0.206 e. The predicted molar refractivity (Wildman–Crippen MR) is 127 cm³/mol. The SMILES string of the molecule is CCCCCCCc1ccc(-c2ccc(-c3ccc4c(F)c(F)ccc4c3)c(F)c2)c(F)c1. The highest BCUT2D eigenvalue weighted by Crippen LogP contribution is 2.32. The minimum Gasteiger partial charge on any atom is -0.206 e. The van der Waals surface area contributed by atoms with E-state index >= 15 is 0 Å². The molecule has 0 spiro atoms. The second-order valence-corrected chi connectivity index (χ2v) is 8.47. The second kappa shape index (κ2) is 10.2. The predicted octanol–water partition coefficient (Wildman–Crippen LogP) is 9.24. The van der Waals surface area contributed by atoms with Crippen LogP contribution in [-0.4, -0.2) is 0 Å². The van der Waals surface area contributed by atoms with Crippen molar-refractivity contribution in [2.24, 2.45) is 0 Å². The van der Waals surface area contributed by atoms with Crippen molar-refractivity contribution < 1.29 is 17.6 Å². The molecular formula is C29H26F4. The van der Waals surface area contributed by atoms with Crippen LogP contribution >= 0.6 is 0 Å². The lowest BCUT2D eigenvalue weighted by Crippen LogP contribution is -1.93. The van der Waals surface area contributed by atoms with Crippen LogP contribution < -0.4 is 0 Å². The van der Waals surface area contributed by atoms with Crippen molar-refractivity contribution in [3.8, 4) is 22.3 Å². The zero-order valence-corrected chi connectivity index (χ0v) is 18.6. The number of aryl methyl sites for hydroxylation is 1. The molecule has 0 aliphatic heterocycles. The smallest absolute Gasteiger partial charge is 0.166 e. The first-order valence-electron chi connectivity index (χ1n) is 11.4. The third-order valence-corrected chi connectivity index (χ3v) is 6.10. The maximum absolute atomic E-state index is 15.0. The number of fused-ring (bicyclic) bond motifs is 1. The van der Waals surface area contributed by atoms with Crippen LogP contribution in [0.3, 0.4) is 0 Å². The zero-order valence-electron chi connectivity index (χ0n) is 18.6. The van der Waals surface area contributed by atoms with Gasteiger partial charge in [-0.15, -0.1) is 0 Å². The summed E-state index contributed by atoms with van der Waals surface area (Å²) >= 11 is 0. The normalized spacial score (nSPS) is 11.3. The van der Waals surface area contributed by atoms with E-state index in [1.165, 1.54) is 43.5 Å². The van der Waals surface area contributed by atoms with Gasteiger partial charge in [0.15, 0.2) is 11.6 Å².